The number of aliphatic hydroxyl groups is 2. The number of methoxy groups -OCH3 is 1. The van der Waals surface area contributed by atoms with Crippen LogP contribution >= 0.6 is 0 Å². The van der Waals surface area contributed by atoms with Crippen molar-refractivity contribution in [2.75, 3.05) is 13.7 Å². The number of ether oxygens (including phenoxy) is 1. The van der Waals surface area contributed by atoms with Gasteiger partial charge in [-0.15, -0.1) is 0 Å². The number of para-hydroxylation sites is 1. The fourth-order valence-corrected chi connectivity index (χ4v) is 5.43. The number of benzene rings is 1. The number of allylic oxidation sites excluding steroid dienone is 2. The number of fused-ring (bicyclic) bond motifs is 1. The van der Waals surface area contributed by atoms with Crippen molar-refractivity contribution in [3.63, 3.8) is 0 Å². The molecule has 190 valence electrons. The van der Waals surface area contributed by atoms with Crippen molar-refractivity contribution in [2.24, 2.45) is 17.8 Å². The van der Waals surface area contributed by atoms with E-state index in [0.29, 0.717) is 35.3 Å². The molecule has 0 radical (unpaired) electrons. The molecule has 1 aromatic carbocycles. The maximum atomic E-state index is 13.1. The van der Waals surface area contributed by atoms with Crippen LogP contribution in [0.4, 0.5) is 4.79 Å². The summed E-state index contributed by atoms with van der Waals surface area (Å²) in [4.78, 5) is 38.6. The van der Waals surface area contributed by atoms with Crippen LogP contribution in [0.25, 0.3) is 6.08 Å². The van der Waals surface area contributed by atoms with Crippen LogP contribution in [0.15, 0.2) is 41.0 Å². The van der Waals surface area contributed by atoms with E-state index in [1.807, 2.05) is 32.1 Å². The molecule has 4 atom stereocenters. The van der Waals surface area contributed by atoms with Crippen LogP contribution in [-0.2, 0) is 14.3 Å². The van der Waals surface area contributed by atoms with E-state index in [2.05, 4.69) is 4.74 Å². The van der Waals surface area contributed by atoms with Crippen LogP contribution in [0.3, 0.4) is 0 Å². The van der Waals surface area contributed by atoms with Crippen molar-refractivity contribution in [3.05, 3.63) is 46.5 Å². The molecule has 35 heavy (non-hydrogen) atoms. The first kappa shape index (κ1) is 26.6. The lowest BCUT2D eigenvalue weighted by Gasteiger charge is -2.36. The summed E-state index contributed by atoms with van der Waals surface area (Å²) in [5.41, 5.74) is 3.23. The maximum absolute atomic E-state index is 13.1. The second-order valence-electron chi connectivity index (χ2n) is 9.19. The lowest BCUT2D eigenvalue weighted by atomic mass is 9.67. The number of carbonyl (C=O) groups excluding carboxylic acids is 3. The third-order valence-corrected chi connectivity index (χ3v) is 7.14. The fraction of sp³-hybridized carbons (Fsp3) is 0.519. The van der Waals surface area contributed by atoms with E-state index in [-0.39, 0.29) is 12.2 Å². The Morgan fingerprint density at radius 1 is 1.23 bits per heavy atom. The summed E-state index contributed by atoms with van der Waals surface area (Å²) in [5, 5.41) is 31.7. The highest BCUT2D eigenvalue weighted by atomic mass is 16.5. The molecule has 0 aromatic heterocycles. The van der Waals surface area contributed by atoms with Crippen LogP contribution in [-0.4, -0.2) is 57.9 Å². The molecule has 3 rings (SSSR count). The zero-order chi connectivity index (χ0) is 25.7. The first-order valence-corrected chi connectivity index (χ1v) is 12.2. The molecule has 8 heteroatoms. The van der Waals surface area contributed by atoms with Crippen molar-refractivity contribution in [1.82, 2.24) is 4.90 Å². The second kappa shape index (κ2) is 11.6. The van der Waals surface area contributed by atoms with Crippen LogP contribution in [0.1, 0.15) is 57.9 Å². The number of hydrogen-bond acceptors (Lipinski definition) is 7. The summed E-state index contributed by atoms with van der Waals surface area (Å²) < 4.78 is 4.63. The van der Waals surface area contributed by atoms with Crippen molar-refractivity contribution in [2.45, 2.75) is 58.5 Å². The quantitative estimate of drug-likeness (QED) is 0.359. The van der Waals surface area contributed by atoms with Crippen LogP contribution in [0.2, 0.25) is 0 Å². The predicted molar refractivity (Wildman–Crippen MR) is 130 cm³/mol. The Labute approximate surface area is 205 Å². The summed E-state index contributed by atoms with van der Waals surface area (Å²) >= 11 is 0. The van der Waals surface area contributed by atoms with Crippen molar-refractivity contribution in [3.8, 4) is 5.75 Å². The molecule has 1 aliphatic carbocycles. The molecule has 0 spiro atoms. The van der Waals surface area contributed by atoms with Gasteiger partial charge >= 0.3 is 6.09 Å². The van der Waals surface area contributed by atoms with Gasteiger partial charge in [-0.05, 0) is 43.7 Å². The molecule has 3 N–H and O–H groups in total. The SMILES string of the molecule is CCCC1=C([C@H](O)CC/C(=C/c2ccccc2O)CC)[C@H](CO)[C@@H]2C(=O)N(C(=O)OC)C(=O)[C@@H]2C1. The highest BCUT2D eigenvalue weighted by molar-refractivity contribution is 6.15. The Morgan fingerprint density at radius 2 is 1.94 bits per heavy atom. The number of amides is 3. The number of rotatable bonds is 9. The Bertz CT molecular complexity index is 1030. The highest BCUT2D eigenvalue weighted by Crippen LogP contribution is 2.47. The van der Waals surface area contributed by atoms with E-state index in [9.17, 15) is 29.7 Å². The third kappa shape index (κ3) is 5.33. The number of phenolic OH excluding ortho intramolecular Hbond substituents is 1. The number of phenols is 1. The molecule has 1 heterocycles. The molecule has 3 amide bonds. The molecule has 1 saturated heterocycles. The second-order valence-corrected chi connectivity index (χ2v) is 9.19. The van der Waals surface area contributed by atoms with E-state index in [1.165, 1.54) is 0 Å². The lowest BCUT2D eigenvalue weighted by Crippen LogP contribution is -2.40. The third-order valence-electron chi connectivity index (χ3n) is 7.14. The number of aliphatic hydroxyl groups excluding tert-OH is 2. The van der Waals surface area contributed by atoms with Gasteiger partial charge < -0.3 is 20.1 Å². The monoisotopic (exact) mass is 485 g/mol. The average Bonchev–Trinajstić information content (AvgIpc) is 3.10. The molecule has 1 aliphatic heterocycles. The molecule has 0 bridgehead atoms. The topological polar surface area (TPSA) is 124 Å². The minimum absolute atomic E-state index is 0.185. The van der Waals surface area contributed by atoms with Crippen LogP contribution in [0.5, 0.6) is 5.75 Å². The number of likely N-dealkylation sites (tertiary alicyclic amines) is 1. The van der Waals surface area contributed by atoms with Gasteiger partial charge in [0.15, 0.2) is 0 Å². The molecule has 0 unspecified atom stereocenters. The lowest BCUT2D eigenvalue weighted by molar-refractivity contribution is -0.137. The van der Waals surface area contributed by atoms with Gasteiger partial charge in [-0.2, -0.15) is 4.90 Å². The van der Waals surface area contributed by atoms with Gasteiger partial charge in [-0.25, -0.2) is 4.79 Å². The van der Waals surface area contributed by atoms with E-state index in [1.54, 1.807) is 12.1 Å². The van der Waals surface area contributed by atoms with E-state index < -0.39 is 48.4 Å². The Morgan fingerprint density at radius 3 is 2.54 bits per heavy atom. The fourth-order valence-electron chi connectivity index (χ4n) is 5.43. The van der Waals surface area contributed by atoms with E-state index in [4.69, 9.17) is 0 Å². The maximum Gasteiger partial charge on any atom is 0.423 e. The van der Waals surface area contributed by atoms with Crippen molar-refractivity contribution < 1.29 is 34.4 Å². The van der Waals surface area contributed by atoms with Gasteiger partial charge in [0.2, 0.25) is 11.8 Å². The van der Waals surface area contributed by atoms with E-state index in [0.717, 1.165) is 31.1 Å². The van der Waals surface area contributed by atoms with Crippen LogP contribution < -0.4 is 0 Å². The number of carbonyl (C=O) groups is 3. The number of nitrogens with zero attached hydrogens (tertiary/aromatic N) is 1. The molecule has 1 aromatic rings. The summed E-state index contributed by atoms with van der Waals surface area (Å²) in [7, 11) is 1.11. The number of hydrogen-bond donors (Lipinski definition) is 3. The van der Waals surface area contributed by atoms with Gasteiger partial charge in [0.25, 0.3) is 0 Å². The largest absolute Gasteiger partial charge is 0.507 e. The Kier molecular flexibility index (Phi) is 8.86. The highest BCUT2D eigenvalue weighted by Gasteiger charge is 2.57. The smallest absolute Gasteiger partial charge is 0.423 e. The molecule has 1 fully saturated rings. The van der Waals surface area contributed by atoms with Crippen molar-refractivity contribution in [1.29, 1.82) is 0 Å². The zero-order valence-corrected chi connectivity index (χ0v) is 20.6. The van der Waals surface area contributed by atoms with E-state index >= 15 is 0 Å². The zero-order valence-electron chi connectivity index (χ0n) is 20.6. The molecule has 0 saturated carbocycles. The molecule has 2 aliphatic rings. The Hall–Kier alpha value is -2.97. The number of aromatic hydroxyl groups is 1. The van der Waals surface area contributed by atoms with Gasteiger partial charge in [-0.3, -0.25) is 9.59 Å². The first-order chi connectivity index (χ1) is 16.8. The minimum Gasteiger partial charge on any atom is -0.507 e. The predicted octanol–water partition coefficient (Wildman–Crippen LogP) is 3.80. The Balaban J connectivity index is 1.88. The number of imide groups is 3. The summed E-state index contributed by atoms with van der Waals surface area (Å²) in [6, 6.07) is 7.04. The molecule has 8 nitrogen and oxygen atoms in total. The summed E-state index contributed by atoms with van der Waals surface area (Å²) in [6.07, 6.45) is 3.31. The van der Waals surface area contributed by atoms with Crippen molar-refractivity contribution >= 4 is 24.0 Å². The van der Waals surface area contributed by atoms with Crippen LogP contribution in [0, 0.1) is 17.8 Å². The summed E-state index contributed by atoms with van der Waals surface area (Å²) in [6.45, 7) is 3.58. The summed E-state index contributed by atoms with van der Waals surface area (Å²) in [5.74, 6) is -3.50. The van der Waals surface area contributed by atoms with Gasteiger partial charge in [0.05, 0.1) is 31.7 Å². The molecular weight excluding hydrogens is 450 g/mol. The van der Waals surface area contributed by atoms with Gasteiger partial charge in [-0.1, -0.05) is 55.7 Å². The van der Waals surface area contributed by atoms with Gasteiger partial charge in [0, 0.05) is 11.5 Å². The average molecular weight is 486 g/mol. The first-order valence-electron chi connectivity index (χ1n) is 12.2. The normalized spacial score (nSPS) is 23.5. The standard InChI is InChI=1S/C27H35NO7/c1-4-8-18-14-19-24(26(33)28(25(19)32)27(34)35-3)20(15-29)23(18)22(31)12-11-16(5-2)13-17-9-6-7-10-21(17)30/h6-7,9-10,13,19-20,22,24,29-31H,4-5,8,11-12,14-15H2,1-3H3/b16-13+/t19-,20+,22-,24-/m1/s1. The van der Waals surface area contributed by atoms with Gasteiger partial charge in [0.1, 0.15) is 5.75 Å². The minimum atomic E-state index is -1.02. The molecular formula is C27H35NO7.